The fraction of sp³-hybridized carbons (Fsp3) is 0.280. The zero-order chi connectivity index (χ0) is 20.6. The van der Waals surface area contributed by atoms with Gasteiger partial charge in [0.15, 0.2) is 0 Å². The Kier molecular flexibility index (Phi) is 5.22. The molecule has 0 saturated carbocycles. The van der Waals surface area contributed by atoms with Gasteiger partial charge in [-0.15, -0.1) is 11.8 Å². The van der Waals surface area contributed by atoms with E-state index in [1.807, 2.05) is 25.1 Å². The van der Waals surface area contributed by atoms with Crippen LogP contribution in [0, 0.1) is 0 Å². The summed E-state index contributed by atoms with van der Waals surface area (Å²) in [4.78, 5) is 18.9. The van der Waals surface area contributed by atoms with E-state index in [0.29, 0.717) is 12.3 Å². The minimum Gasteiger partial charge on any atom is -0.324 e. The number of benzene rings is 2. The quantitative estimate of drug-likeness (QED) is 0.411. The van der Waals surface area contributed by atoms with Gasteiger partial charge in [0.05, 0.1) is 11.4 Å². The first-order valence-electron chi connectivity index (χ1n) is 9.91. The smallest absolute Gasteiger partial charge is 0.277 e. The molecule has 4 rings (SSSR count). The molecular weight excluding hydrogens is 376 g/mol. The molecule has 0 spiro atoms. The molecule has 0 amide bonds. The van der Waals surface area contributed by atoms with Crippen molar-refractivity contribution in [2.24, 2.45) is 0 Å². The van der Waals surface area contributed by atoms with Crippen molar-refractivity contribution in [3.63, 3.8) is 0 Å². The van der Waals surface area contributed by atoms with Crippen molar-refractivity contribution >= 4 is 11.8 Å². The topological polar surface area (TPSA) is 34.9 Å². The zero-order valence-corrected chi connectivity index (χ0v) is 18.1. The highest BCUT2D eigenvalue weighted by Crippen LogP contribution is 2.41. The molecule has 1 heterocycles. The lowest BCUT2D eigenvalue weighted by atomic mass is 9.72. The summed E-state index contributed by atoms with van der Waals surface area (Å²) in [5, 5.41) is 0. The van der Waals surface area contributed by atoms with Crippen molar-refractivity contribution in [1.82, 2.24) is 9.55 Å². The van der Waals surface area contributed by atoms with Crippen LogP contribution in [-0.4, -0.2) is 9.55 Å². The summed E-state index contributed by atoms with van der Waals surface area (Å²) in [5.74, 6) is 1.45. The first-order chi connectivity index (χ1) is 13.9. The van der Waals surface area contributed by atoms with Crippen LogP contribution in [0.3, 0.4) is 0 Å². The Labute approximate surface area is 176 Å². The van der Waals surface area contributed by atoms with Crippen LogP contribution in [0.1, 0.15) is 37.7 Å². The average Bonchev–Trinajstić information content (AvgIpc) is 2.68. The zero-order valence-electron chi connectivity index (χ0n) is 17.2. The molecule has 0 saturated heterocycles. The molecule has 4 heteroatoms. The summed E-state index contributed by atoms with van der Waals surface area (Å²) < 4.78 is 2.22. The highest BCUT2D eigenvalue weighted by molar-refractivity contribution is 7.98. The van der Waals surface area contributed by atoms with Gasteiger partial charge in [0.2, 0.25) is 0 Å². The molecule has 1 aromatic heterocycles. The minimum atomic E-state index is -0.254. The fourth-order valence-corrected chi connectivity index (χ4v) is 5.04. The largest absolute Gasteiger partial charge is 0.324 e. The van der Waals surface area contributed by atoms with Gasteiger partial charge in [-0.25, -0.2) is 0 Å². The Bertz CT molecular complexity index is 1130. The lowest BCUT2D eigenvalue weighted by molar-refractivity contribution is 0.497. The Balaban J connectivity index is 1.91. The summed E-state index contributed by atoms with van der Waals surface area (Å²) in [6.45, 7) is 11.1. The number of hydrogen-bond donors (Lipinski definition) is 0. The molecule has 0 atom stereocenters. The van der Waals surface area contributed by atoms with Crippen LogP contribution in [-0.2, 0) is 24.1 Å². The van der Waals surface area contributed by atoms with Crippen LogP contribution in [0.5, 0.6) is 0 Å². The van der Waals surface area contributed by atoms with Gasteiger partial charge >= 0.3 is 0 Å². The van der Waals surface area contributed by atoms with Crippen molar-refractivity contribution in [2.45, 2.75) is 49.8 Å². The van der Waals surface area contributed by atoms with E-state index in [0.717, 1.165) is 34.6 Å². The van der Waals surface area contributed by atoms with Crippen LogP contribution in [0.4, 0.5) is 0 Å². The molecule has 0 unspecified atom stereocenters. The second-order valence-corrected chi connectivity index (χ2v) is 9.47. The number of fused-ring (bicyclic) bond motifs is 3. The molecule has 0 bridgehead atoms. The van der Waals surface area contributed by atoms with Gasteiger partial charge in [-0.1, -0.05) is 68.5 Å². The monoisotopic (exact) mass is 402 g/mol. The molecule has 1 aliphatic rings. The van der Waals surface area contributed by atoms with E-state index in [4.69, 9.17) is 0 Å². The van der Waals surface area contributed by atoms with Gasteiger partial charge in [0.25, 0.3) is 5.56 Å². The SMILES string of the molecule is C=C(C)Cn1c(CSc2ccccc2)nc(=O)c2c1-c1ccccc1CC2(C)C. The third-order valence-corrected chi connectivity index (χ3v) is 6.39. The normalized spacial score (nSPS) is 14.2. The van der Waals surface area contributed by atoms with E-state index in [-0.39, 0.29) is 11.0 Å². The van der Waals surface area contributed by atoms with Gasteiger partial charge in [0.1, 0.15) is 5.82 Å². The third kappa shape index (κ3) is 3.82. The predicted molar refractivity (Wildman–Crippen MR) is 121 cm³/mol. The van der Waals surface area contributed by atoms with Crippen LogP contribution < -0.4 is 5.56 Å². The van der Waals surface area contributed by atoms with E-state index in [2.05, 4.69) is 66.4 Å². The molecule has 0 radical (unpaired) electrons. The molecular formula is C25H26N2OS. The van der Waals surface area contributed by atoms with E-state index in [1.165, 1.54) is 10.5 Å². The van der Waals surface area contributed by atoms with Crippen molar-refractivity contribution in [1.29, 1.82) is 0 Å². The van der Waals surface area contributed by atoms with E-state index in [1.54, 1.807) is 11.8 Å². The van der Waals surface area contributed by atoms with Gasteiger partial charge in [0, 0.05) is 28.0 Å². The summed E-state index contributed by atoms with van der Waals surface area (Å²) >= 11 is 1.70. The molecule has 0 N–H and O–H groups in total. The molecule has 2 aromatic carbocycles. The number of hydrogen-bond acceptors (Lipinski definition) is 3. The summed E-state index contributed by atoms with van der Waals surface area (Å²) in [6, 6.07) is 18.7. The Morgan fingerprint density at radius 2 is 1.83 bits per heavy atom. The molecule has 0 aliphatic heterocycles. The van der Waals surface area contributed by atoms with E-state index in [9.17, 15) is 4.79 Å². The molecule has 29 heavy (non-hydrogen) atoms. The Morgan fingerprint density at radius 1 is 1.14 bits per heavy atom. The highest BCUT2D eigenvalue weighted by Gasteiger charge is 2.36. The first kappa shape index (κ1) is 19.7. The molecule has 0 fully saturated rings. The highest BCUT2D eigenvalue weighted by atomic mass is 32.2. The van der Waals surface area contributed by atoms with Crippen LogP contribution >= 0.6 is 11.8 Å². The lowest BCUT2D eigenvalue weighted by Crippen LogP contribution is -2.37. The maximum absolute atomic E-state index is 13.2. The van der Waals surface area contributed by atoms with Crippen molar-refractivity contribution in [3.05, 3.63) is 94.1 Å². The van der Waals surface area contributed by atoms with Gasteiger partial charge in [-0.05, 0) is 31.0 Å². The molecule has 1 aliphatic carbocycles. The summed E-state index contributed by atoms with van der Waals surface area (Å²) in [7, 11) is 0. The number of rotatable bonds is 5. The maximum atomic E-state index is 13.2. The van der Waals surface area contributed by atoms with Crippen molar-refractivity contribution < 1.29 is 0 Å². The Hall–Kier alpha value is -2.59. The molecule has 3 nitrogen and oxygen atoms in total. The van der Waals surface area contributed by atoms with Crippen molar-refractivity contribution in [3.8, 4) is 11.3 Å². The van der Waals surface area contributed by atoms with Gasteiger partial charge in [-0.2, -0.15) is 4.98 Å². The summed E-state index contributed by atoms with van der Waals surface area (Å²) in [6.07, 6.45) is 0.846. The predicted octanol–water partition coefficient (Wildman–Crippen LogP) is 5.61. The van der Waals surface area contributed by atoms with Crippen LogP contribution in [0.15, 0.2) is 76.4 Å². The first-order valence-corrected chi connectivity index (χ1v) is 10.9. The fourth-order valence-electron chi connectivity index (χ4n) is 4.17. The number of aromatic nitrogens is 2. The maximum Gasteiger partial charge on any atom is 0.277 e. The number of allylic oxidation sites excluding steroid dienone is 1. The van der Waals surface area contributed by atoms with E-state index >= 15 is 0 Å². The number of nitrogens with zero attached hydrogens (tertiary/aromatic N) is 2. The minimum absolute atomic E-state index is 0.0962. The van der Waals surface area contributed by atoms with Crippen LogP contribution in [0.2, 0.25) is 0 Å². The average molecular weight is 403 g/mol. The van der Waals surface area contributed by atoms with Gasteiger partial charge in [-0.3, -0.25) is 4.79 Å². The Morgan fingerprint density at radius 3 is 2.55 bits per heavy atom. The lowest BCUT2D eigenvalue weighted by Gasteiger charge is -2.35. The van der Waals surface area contributed by atoms with E-state index < -0.39 is 0 Å². The third-order valence-electron chi connectivity index (χ3n) is 5.38. The molecule has 3 aromatic rings. The standard InChI is InChI=1S/C25H26N2OS/c1-17(2)15-27-21(16-29-19-11-6-5-7-12-19)26-24(28)22-23(27)20-13-9-8-10-18(20)14-25(22,3)4/h5-13H,1,14-16H2,2-4H3. The molecule has 148 valence electrons. The second kappa shape index (κ2) is 7.68. The second-order valence-electron chi connectivity index (χ2n) is 8.42. The van der Waals surface area contributed by atoms with Crippen molar-refractivity contribution in [2.75, 3.05) is 0 Å². The van der Waals surface area contributed by atoms with Gasteiger partial charge < -0.3 is 4.57 Å². The summed E-state index contributed by atoms with van der Waals surface area (Å²) in [5.41, 5.74) is 4.97. The van der Waals surface area contributed by atoms with Crippen LogP contribution in [0.25, 0.3) is 11.3 Å². The number of thioether (sulfide) groups is 1.